The maximum absolute atomic E-state index is 10.9. The molecule has 0 aliphatic carbocycles. The van der Waals surface area contributed by atoms with Crippen molar-refractivity contribution in [3.05, 3.63) is 42.0 Å². The van der Waals surface area contributed by atoms with Crippen LogP contribution in [0.15, 0.2) is 30.6 Å². The Bertz CT molecular complexity index is 572. The van der Waals surface area contributed by atoms with E-state index in [0.717, 1.165) is 5.69 Å². The van der Waals surface area contributed by atoms with Crippen molar-refractivity contribution >= 4 is 17.6 Å². The number of rotatable bonds is 3. The molecule has 0 amide bonds. The topological polar surface area (TPSA) is 79.2 Å². The second kappa shape index (κ2) is 4.79. The number of nitrogens with zero attached hydrogens (tertiary/aromatic N) is 4. The van der Waals surface area contributed by atoms with Gasteiger partial charge in [0.1, 0.15) is 0 Å². The number of carboxylic acid groups (broad SMARTS) is 1. The van der Waals surface area contributed by atoms with Crippen LogP contribution in [-0.2, 0) is 0 Å². The molecule has 6 heteroatoms. The van der Waals surface area contributed by atoms with Crippen LogP contribution in [-0.4, -0.2) is 33.1 Å². The molecule has 0 aliphatic heterocycles. The summed E-state index contributed by atoms with van der Waals surface area (Å²) in [7, 11) is 1.77. The largest absolute Gasteiger partial charge is 0.477 e. The van der Waals surface area contributed by atoms with Gasteiger partial charge in [0.05, 0.1) is 0 Å². The second-order valence-electron chi connectivity index (χ2n) is 3.76. The Morgan fingerprint density at radius 1 is 1.28 bits per heavy atom. The Balaban J connectivity index is 2.42. The van der Waals surface area contributed by atoms with Gasteiger partial charge >= 0.3 is 5.97 Å². The van der Waals surface area contributed by atoms with E-state index >= 15 is 0 Å². The smallest absolute Gasteiger partial charge is 0.354 e. The van der Waals surface area contributed by atoms with Gasteiger partial charge in [-0.1, -0.05) is 0 Å². The molecule has 0 unspecified atom stereocenters. The molecule has 1 N–H and O–H groups in total. The number of carbonyl (C=O) groups is 1. The summed E-state index contributed by atoms with van der Waals surface area (Å²) in [5.41, 5.74) is 1.43. The standard InChI is InChI=1S/C12H12N4O2/c1-8-7-10(11(17)18)15-12(14-8)16(2)9-3-5-13-6-4-9/h3-7H,1-2H3,(H,17,18). The zero-order valence-electron chi connectivity index (χ0n) is 10.0. The molecule has 92 valence electrons. The lowest BCUT2D eigenvalue weighted by atomic mass is 10.3. The van der Waals surface area contributed by atoms with Crippen molar-refractivity contribution in [3.8, 4) is 0 Å². The van der Waals surface area contributed by atoms with Crippen molar-refractivity contribution in [1.82, 2.24) is 15.0 Å². The SMILES string of the molecule is Cc1cc(C(=O)O)nc(N(C)c2ccncc2)n1. The van der Waals surface area contributed by atoms with Crippen molar-refractivity contribution in [2.24, 2.45) is 0 Å². The van der Waals surface area contributed by atoms with E-state index in [2.05, 4.69) is 15.0 Å². The highest BCUT2D eigenvalue weighted by Crippen LogP contribution is 2.19. The quantitative estimate of drug-likeness (QED) is 0.884. The van der Waals surface area contributed by atoms with Crippen molar-refractivity contribution in [2.75, 3.05) is 11.9 Å². The van der Waals surface area contributed by atoms with Crippen LogP contribution in [0.3, 0.4) is 0 Å². The average molecular weight is 244 g/mol. The molecule has 2 aromatic heterocycles. The van der Waals surface area contributed by atoms with E-state index in [4.69, 9.17) is 5.11 Å². The summed E-state index contributed by atoms with van der Waals surface area (Å²) >= 11 is 0. The van der Waals surface area contributed by atoms with Crippen molar-refractivity contribution in [3.63, 3.8) is 0 Å². The average Bonchev–Trinajstić information content (AvgIpc) is 2.38. The van der Waals surface area contributed by atoms with Crippen LogP contribution in [0.5, 0.6) is 0 Å². The number of aryl methyl sites for hydroxylation is 1. The fourth-order valence-corrected chi connectivity index (χ4v) is 1.50. The third-order valence-electron chi connectivity index (χ3n) is 2.41. The molecule has 0 saturated heterocycles. The lowest BCUT2D eigenvalue weighted by molar-refractivity contribution is 0.0690. The number of anilines is 2. The minimum atomic E-state index is -1.06. The predicted octanol–water partition coefficient (Wildman–Crippen LogP) is 1.65. The molecule has 0 aromatic carbocycles. The summed E-state index contributed by atoms with van der Waals surface area (Å²) in [5.74, 6) is -0.719. The first-order chi connectivity index (χ1) is 8.58. The molecule has 6 nitrogen and oxygen atoms in total. The van der Waals surface area contributed by atoms with Crippen LogP contribution in [0.25, 0.3) is 0 Å². The summed E-state index contributed by atoms with van der Waals surface area (Å²) in [5, 5.41) is 8.97. The van der Waals surface area contributed by atoms with Crippen molar-refractivity contribution in [2.45, 2.75) is 6.92 Å². The van der Waals surface area contributed by atoms with E-state index in [0.29, 0.717) is 11.6 Å². The van der Waals surface area contributed by atoms with Gasteiger partial charge in [-0.15, -0.1) is 0 Å². The fraction of sp³-hybridized carbons (Fsp3) is 0.167. The van der Waals surface area contributed by atoms with Gasteiger partial charge in [-0.05, 0) is 25.1 Å². The first-order valence-corrected chi connectivity index (χ1v) is 5.30. The Hall–Kier alpha value is -2.50. The van der Waals surface area contributed by atoms with Crippen molar-refractivity contribution in [1.29, 1.82) is 0 Å². The van der Waals surface area contributed by atoms with E-state index in [1.807, 2.05) is 0 Å². The monoisotopic (exact) mass is 244 g/mol. The molecule has 0 radical (unpaired) electrons. The van der Waals surface area contributed by atoms with Crippen molar-refractivity contribution < 1.29 is 9.90 Å². The summed E-state index contributed by atoms with van der Waals surface area (Å²) in [4.78, 5) is 24.8. The number of hydrogen-bond acceptors (Lipinski definition) is 5. The van der Waals surface area contributed by atoms with Crippen LogP contribution >= 0.6 is 0 Å². The maximum Gasteiger partial charge on any atom is 0.354 e. The number of aromatic carboxylic acids is 1. The lowest BCUT2D eigenvalue weighted by Crippen LogP contribution is -2.15. The van der Waals surface area contributed by atoms with Gasteiger partial charge in [0.15, 0.2) is 5.69 Å². The number of pyridine rings is 1. The molecule has 0 bridgehead atoms. The van der Waals surface area contributed by atoms with Gasteiger partial charge in [-0.2, -0.15) is 0 Å². The van der Waals surface area contributed by atoms with Crippen LogP contribution in [0.1, 0.15) is 16.2 Å². The van der Waals surface area contributed by atoms with Crippen LogP contribution in [0.2, 0.25) is 0 Å². The molecule has 0 atom stereocenters. The molecule has 2 heterocycles. The van der Waals surface area contributed by atoms with Crippen LogP contribution < -0.4 is 4.90 Å². The zero-order chi connectivity index (χ0) is 13.1. The Morgan fingerprint density at radius 3 is 2.56 bits per heavy atom. The highest BCUT2D eigenvalue weighted by Gasteiger charge is 2.12. The zero-order valence-corrected chi connectivity index (χ0v) is 10.0. The van der Waals surface area contributed by atoms with Crippen LogP contribution in [0, 0.1) is 6.92 Å². The Labute approximate surface area is 104 Å². The maximum atomic E-state index is 10.9. The molecule has 0 fully saturated rings. The summed E-state index contributed by atoms with van der Waals surface area (Å²) in [6.07, 6.45) is 3.31. The first kappa shape index (κ1) is 12.0. The summed E-state index contributed by atoms with van der Waals surface area (Å²) in [6, 6.07) is 5.03. The first-order valence-electron chi connectivity index (χ1n) is 5.30. The van der Waals surface area contributed by atoms with Gasteiger partial charge in [-0.3, -0.25) is 4.98 Å². The molecule has 0 saturated carbocycles. The van der Waals surface area contributed by atoms with Gasteiger partial charge in [0.2, 0.25) is 5.95 Å². The van der Waals surface area contributed by atoms with Gasteiger partial charge < -0.3 is 10.0 Å². The molecule has 2 aromatic rings. The number of hydrogen-bond donors (Lipinski definition) is 1. The fourth-order valence-electron chi connectivity index (χ4n) is 1.50. The van der Waals surface area contributed by atoms with Gasteiger partial charge in [0.25, 0.3) is 0 Å². The lowest BCUT2D eigenvalue weighted by Gasteiger charge is -2.17. The normalized spacial score (nSPS) is 10.1. The van der Waals surface area contributed by atoms with Gasteiger partial charge in [-0.25, -0.2) is 14.8 Å². The number of aromatic nitrogens is 3. The number of carboxylic acids is 1. The van der Waals surface area contributed by atoms with E-state index in [9.17, 15) is 4.79 Å². The third-order valence-corrected chi connectivity index (χ3v) is 2.41. The van der Waals surface area contributed by atoms with Crippen LogP contribution in [0.4, 0.5) is 11.6 Å². The summed E-state index contributed by atoms with van der Waals surface area (Å²) < 4.78 is 0. The molecule has 0 aliphatic rings. The van der Waals surface area contributed by atoms with Gasteiger partial charge in [0, 0.05) is 30.8 Å². The highest BCUT2D eigenvalue weighted by molar-refractivity contribution is 5.85. The third kappa shape index (κ3) is 2.42. The van der Waals surface area contributed by atoms with E-state index < -0.39 is 5.97 Å². The summed E-state index contributed by atoms with van der Waals surface area (Å²) in [6.45, 7) is 1.73. The molecular weight excluding hydrogens is 232 g/mol. The second-order valence-corrected chi connectivity index (χ2v) is 3.76. The van der Waals surface area contributed by atoms with E-state index in [1.165, 1.54) is 6.07 Å². The molecule has 2 rings (SSSR count). The minimum absolute atomic E-state index is 0.0154. The Morgan fingerprint density at radius 2 is 1.94 bits per heavy atom. The molecular formula is C12H12N4O2. The predicted molar refractivity (Wildman–Crippen MR) is 66.0 cm³/mol. The van der Waals surface area contributed by atoms with E-state index in [-0.39, 0.29) is 5.69 Å². The van der Waals surface area contributed by atoms with E-state index in [1.54, 1.807) is 43.4 Å². The molecule has 18 heavy (non-hydrogen) atoms. The minimum Gasteiger partial charge on any atom is -0.477 e. The Kier molecular flexibility index (Phi) is 3.18. The molecule has 0 spiro atoms. The highest BCUT2D eigenvalue weighted by atomic mass is 16.4.